The third-order valence-electron chi connectivity index (χ3n) is 1.38. The Bertz CT molecular complexity index is 262. The molecule has 0 radical (unpaired) electrons. The molecule has 0 aliphatic rings. The van der Waals surface area contributed by atoms with Gasteiger partial charge in [-0.05, 0) is 0 Å². The van der Waals surface area contributed by atoms with Gasteiger partial charge in [0.25, 0.3) is 5.19 Å². The fraction of sp³-hybridized carbons (Fsp3) is 0.571. The number of rotatable bonds is 3. The van der Waals surface area contributed by atoms with Crippen LogP contribution in [0.2, 0.25) is 0 Å². The number of alkyl halides is 1. The average Bonchev–Trinajstić information content (AvgIpc) is 2.47. The first-order valence-electron chi connectivity index (χ1n) is 3.46. The van der Waals surface area contributed by atoms with Crippen LogP contribution in [-0.4, -0.2) is 26.2 Å². The van der Waals surface area contributed by atoms with Crippen molar-refractivity contribution in [2.24, 2.45) is 0 Å². The Kier molecular flexibility index (Phi) is 3.17. The Hall–Kier alpha value is -0.480. The summed E-state index contributed by atoms with van der Waals surface area (Å²) >= 11 is 7.22. The van der Waals surface area contributed by atoms with Crippen LogP contribution in [0.3, 0.4) is 0 Å². The third kappa shape index (κ3) is 1.81. The van der Waals surface area contributed by atoms with Crippen LogP contribution in [0.4, 0.5) is 5.82 Å². The molecule has 0 amide bonds. The second-order valence-electron chi connectivity index (χ2n) is 2.46. The molecule has 0 spiro atoms. The molecule has 0 unspecified atom stereocenters. The van der Waals surface area contributed by atoms with Crippen LogP contribution >= 0.6 is 22.9 Å². The molecular weight excluding hydrogens is 196 g/mol. The monoisotopic (exact) mass is 206 g/mol. The minimum absolute atomic E-state index is 0.481. The average molecular weight is 207 g/mol. The number of nitrogens with zero attached hydrogens (tertiary/aromatic N) is 2. The minimum atomic E-state index is 0.481. The van der Waals surface area contributed by atoms with Gasteiger partial charge in [0.15, 0.2) is 0 Å². The summed E-state index contributed by atoms with van der Waals surface area (Å²) in [6, 6.07) is 0. The van der Waals surface area contributed by atoms with E-state index in [9.17, 15) is 0 Å². The van der Waals surface area contributed by atoms with Gasteiger partial charge >= 0.3 is 0 Å². The van der Waals surface area contributed by atoms with Gasteiger partial charge in [0, 0.05) is 14.1 Å². The van der Waals surface area contributed by atoms with Gasteiger partial charge in [-0.25, -0.2) is 0 Å². The van der Waals surface area contributed by atoms with Crippen molar-refractivity contribution in [3.63, 3.8) is 0 Å². The summed E-state index contributed by atoms with van der Waals surface area (Å²) in [5, 5.41) is 0.661. The Balaban J connectivity index is 3.00. The summed E-state index contributed by atoms with van der Waals surface area (Å²) in [7, 11) is 5.48. The molecule has 1 rings (SSSR count). The van der Waals surface area contributed by atoms with E-state index in [0.29, 0.717) is 11.1 Å². The lowest BCUT2D eigenvalue weighted by Gasteiger charge is -2.08. The van der Waals surface area contributed by atoms with Crippen molar-refractivity contribution in [2.45, 2.75) is 5.88 Å². The summed E-state index contributed by atoms with van der Waals surface area (Å²) in [6.07, 6.45) is 0. The van der Waals surface area contributed by atoms with Crippen LogP contribution in [0.15, 0.2) is 0 Å². The van der Waals surface area contributed by atoms with Crippen LogP contribution < -0.4 is 9.64 Å². The molecule has 0 bridgehead atoms. The first-order valence-corrected chi connectivity index (χ1v) is 4.81. The second kappa shape index (κ2) is 3.96. The molecule has 0 saturated heterocycles. The SMILES string of the molecule is COc1nc(N(C)C)c(CCl)s1. The lowest BCUT2D eigenvalue weighted by molar-refractivity contribution is 0.412. The highest BCUT2D eigenvalue weighted by molar-refractivity contribution is 7.14. The van der Waals surface area contributed by atoms with Crippen LogP contribution in [0.1, 0.15) is 4.88 Å². The Morgan fingerprint density at radius 2 is 2.25 bits per heavy atom. The van der Waals surface area contributed by atoms with Crippen LogP contribution in [0.25, 0.3) is 0 Å². The topological polar surface area (TPSA) is 25.4 Å². The van der Waals surface area contributed by atoms with Gasteiger partial charge in [-0.3, -0.25) is 0 Å². The van der Waals surface area contributed by atoms with E-state index in [-0.39, 0.29) is 0 Å². The van der Waals surface area contributed by atoms with Gasteiger partial charge in [0.1, 0.15) is 5.82 Å². The normalized spacial score (nSPS) is 10.0. The summed E-state index contributed by atoms with van der Waals surface area (Å²) in [5.41, 5.74) is 0. The van der Waals surface area contributed by atoms with Crippen molar-refractivity contribution < 1.29 is 4.74 Å². The van der Waals surface area contributed by atoms with Crippen LogP contribution in [0, 0.1) is 0 Å². The smallest absolute Gasteiger partial charge is 0.275 e. The first kappa shape index (κ1) is 9.61. The standard InChI is InChI=1S/C7H11ClN2OS/c1-10(2)6-5(4-8)12-7(9-6)11-3/h4H2,1-3H3. The Morgan fingerprint density at radius 3 is 2.58 bits per heavy atom. The zero-order chi connectivity index (χ0) is 9.14. The van der Waals surface area contributed by atoms with E-state index in [0.717, 1.165) is 10.7 Å². The predicted molar refractivity (Wildman–Crippen MR) is 52.6 cm³/mol. The van der Waals surface area contributed by atoms with Crippen molar-refractivity contribution in [1.29, 1.82) is 0 Å². The quantitative estimate of drug-likeness (QED) is 0.707. The lowest BCUT2D eigenvalue weighted by Crippen LogP contribution is -2.10. The van der Waals surface area contributed by atoms with Gasteiger partial charge in [-0.15, -0.1) is 11.6 Å². The molecule has 0 aliphatic heterocycles. The number of hydrogen-bond acceptors (Lipinski definition) is 4. The molecule has 1 heterocycles. The zero-order valence-corrected chi connectivity index (χ0v) is 8.87. The fourth-order valence-corrected chi connectivity index (χ4v) is 1.93. The lowest BCUT2D eigenvalue weighted by atomic mass is 10.5. The maximum absolute atomic E-state index is 5.73. The molecule has 5 heteroatoms. The molecular formula is C7H11ClN2OS. The molecule has 12 heavy (non-hydrogen) atoms. The number of ether oxygens (including phenoxy) is 1. The summed E-state index contributed by atoms with van der Waals surface area (Å²) in [4.78, 5) is 7.20. The van der Waals surface area contributed by atoms with Crippen LogP contribution in [0.5, 0.6) is 5.19 Å². The van der Waals surface area contributed by atoms with Gasteiger partial charge in [-0.1, -0.05) is 11.3 Å². The number of thiazole rings is 1. The van der Waals surface area contributed by atoms with Gasteiger partial charge in [0.05, 0.1) is 17.9 Å². The Morgan fingerprint density at radius 1 is 1.58 bits per heavy atom. The summed E-state index contributed by atoms with van der Waals surface area (Å²) < 4.78 is 5.01. The molecule has 1 aromatic heterocycles. The number of anilines is 1. The maximum Gasteiger partial charge on any atom is 0.275 e. The predicted octanol–water partition coefficient (Wildman–Crippen LogP) is 1.96. The van der Waals surface area contributed by atoms with E-state index in [1.54, 1.807) is 7.11 Å². The largest absolute Gasteiger partial charge is 0.473 e. The van der Waals surface area contributed by atoms with Gasteiger partial charge in [0.2, 0.25) is 0 Å². The highest BCUT2D eigenvalue weighted by atomic mass is 35.5. The number of methoxy groups -OCH3 is 1. The maximum atomic E-state index is 5.73. The molecule has 0 saturated carbocycles. The Labute approximate surface area is 80.9 Å². The van der Waals surface area contributed by atoms with Crippen molar-refractivity contribution >= 4 is 28.8 Å². The summed E-state index contributed by atoms with van der Waals surface area (Å²) in [6.45, 7) is 0. The van der Waals surface area contributed by atoms with Crippen molar-refractivity contribution in [3.05, 3.63) is 4.88 Å². The number of aromatic nitrogens is 1. The van der Waals surface area contributed by atoms with Crippen LogP contribution in [-0.2, 0) is 5.88 Å². The van der Waals surface area contributed by atoms with Gasteiger partial charge < -0.3 is 9.64 Å². The zero-order valence-electron chi connectivity index (χ0n) is 7.30. The number of hydrogen-bond donors (Lipinski definition) is 0. The molecule has 3 nitrogen and oxygen atoms in total. The highest BCUT2D eigenvalue weighted by Crippen LogP contribution is 2.31. The van der Waals surface area contributed by atoms with E-state index in [2.05, 4.69) is 4.98 Å². The molecule has 68 valence electrons. The van der Waals surface area contributed by atoms with Crippen molar-refractivity contribution in [2.75, 3.05) is 26.1 Å². The molecule has 0 fully saturated rings. The molecule has 0 aliphatic carbocycles. The van der Waals surface area contributed by atoms with E-state index in [4.69, 9.17) is 16.3 Å². The minimum Gasteiger partial charge on any atom is -0.473 e. The van der Waals surface area contributed by atoms with Crippen molar-refractivity contribution in [1.82, 2.24) is 4.98 Å². The van der Waals surface area contributed by atoms with Crippen molar-refractivity contribution in [3.8, 4) is 5.19 Å². The van der Waals surface area contributed by atoms with E-state index >= 15 is 0 Å². The van der Waals surface area contributed by atoms with Gasteiger partial charge in [-0.2, -0.15) is 4.98 Å². The van der Waals surface area contributed by atoms with E-state index in [1.165, 1.54) is 11.3 Å². The highest BCUT2D eigenvalue weighted by Gasteiger charge is 2.11. The summed E-state index contributed by atoms with van der Waals surface area (Å²) in [5.74, 6) is 1.38. The van der Waals surface area contributed by atoms with E-state index < -0.39 is 0 Å². The van der Waals surface area contributed by atoms with E-state index in [1.807, 2.05) is 19.0 Å². The molecule has 0 aromatic carbocycles. The number of halogens is 1. The first-order chi connectivity index (χ1) is 5.69. The molecule has 0 N–H and O–H groups in total. The molecule has 0 atom stereocenters. The second-order valence-corrected chi connectivity index (χ2v) is 3.77. The fourth-order valence-electron chi connectivity index (χ4n) is 0.846. The third-order valence-corrected chi connectivity index (χ3v) is 2.81. The molecule has 1 aromatic rings.